The van der Waals surface area contributed by atoms with Gasteiger partial charge in [0.25, 0.3) is 5.88 Å². The number of aromatic amines is 1. The van der Waals surface area contributed by atoms with Gasteiger partial charge < -0.3 is 19.9 Å². The Hall–Kier alpha value is -3.69. The van der Waals surface area contributed by atoms with Crippen molar-refractivity contribution in [3.8, 4) is 11.6 Å². The molecule has 0 spiro atoms. The Morgan fingerprint density at radius 2 is 2.00 bits per heavy atom. The van der Waals surface area contributed by atoms with Crippen LogP contribution in [0, 0.1) is 10.1 Å². The zero-order chi connectivity index (χ0) is 17.7. The average Bonchev–Trinajstić information content (AvgIpc) is 2.51. The number of nitrogens with zero attached hydrogens (tertiary/aromatic N) is 2. The van der Waals surface area contributed by atoms with Crippen LogP contribution in [0.5, 0.6) is 11.6 Å². The summed E-state index contributed by atoms with van der Waals surface area (Å²) >= 11 is 0. The number of ether oxygens (including phenoxy) is 1. The Morgan fingerprint density at radius 3 is 2.54 bits per heavy atom. The highest BCUT2D eigenvalue weighted by Crippen LogP contribution is 2.18. The van der Waals surface area contributed by atoms with Gasteiger partial charge >= 0.3 is 17.2 Å². The Balaban J connectivity index is 2.15. The van der Waals surface area contributed by atoms with Crippen LogP contribution in [-0.4, -0.2) is 37.7 Å². The van der Waals surface area contributed by atoms with E-state index in [0.29, 0.717) is 11.3 Å². The van der Waals surface area contributed by atoms with Crippen molar-refractivity contribution >= 4 is 23.8 Å². The van der Waals surface area contributed by atoms with E-state index >= 15 is 0 Å². The highest BCUT2D eigenvalue weighted by molar-refractivity contribution is 5.69. The van der Waals surface area contributed by atoms with Crippen LogP contribution in [0.2, 0.25) is 0 Å². The topological polar surface area (TPSA) is 156 Å². The van der Waals surface area contributed by atoms with Crippen molar-refractivity contribution in [2.45, 2.75) is 0 Å². The monoisotopic (exact) mass is 333 g/mol. The molecule has 0 atom stereocenters. The third-order valence-electron chi connectivity index (χ3n) is 2.75. The quantitative estimate of drug-likeness (QED) is 0.522. The SMILES string of the molecule is O=C(O)COc1ccc(/C=C\c2nc(O)c([N+](=O)[O-])c(=O)[nH]2)cc1. The van der Waals surface area contributed by atoms with E-state index in [0.717, 1.165) is 0 Å². The summed E-state index contributed by atoms with van der Waals surface area (Å²) in [6, 6.07) is 6.34. The van der Waals surface area contributed by atoms with E-state index in [2.05, 4.69) is 9.97 Å². The first-order valence-corrected chi connectivity index (χ1v) is 6.47. The van der Waals surface area contributed by atoms with Gasteiger partial charge in [0.1, 0.15) is 11.6 Å². The fourth-order valence-corrected chi connectivity index (χ4v) is 1.71. The van der Waals surface area contributed by atoms with Crippen molar-refractivity contribution in [2.24, 2.45) is 0 Å². The molecule has 0 saturated heterocycles. The van der Waals surface area contributed by atoms with E-state index in [9.17, 15) is 24.8 Å². The van der Waals surface area contributed by atoms with Crippen molar-refractivity contribution in [1.29, 1.82) is 0 Å². The van der Waals surface area contributed by atoms with Crippen molar-refractivity contribution in [2.75, 3.05) is 6.61 Å². The predicted molar refractivity (Wildman–Crippen MR) is 81.7 cm³/mol. The van der Waals surface area contributed by atoms with Gasteiger partial charge in [-0.1, -0.05) is 18.2 Å². The van der Waals surface area contributed by atoms with Crippen LogP contribution >= 0.6 is 0 Å². The first-order chi connectivity index (χ1) is 11.4. The van der Waals surface area contributed by atoms with E-state index in [4.69, 9.17) is 9.84 Å². The highest BCUT2D eigenvalue weighted by atomic mass is 16.6. The number of aromatic nitrogens is 2. The second-order valence-corrected chi connectivity index (χ2v) is 4.47. The lowest BCUT2D eigenvalue weighted by atomic mass is 10.2. The zero-order valence-electron chi connectivity index (χ0n) is 12.0. The van der Waals surface area contributed by atoms with Gasteiger partial charge in [-0.25, -0.2) is 4.79 Å². The molecule has 2 aromatic rings. The number of aliphatic carboxylic acids is 1. The number of carboxylic acids is 1. The van der Waals surface area contributed by atoms with Gasteiger partial charge in [0.05, 0.1) is 4.92 Å². The van der Waals surface area contributed by atoms with Gasteiger partial charge in [0.15, 0.2) is 6.61 Å². The van der Waals surface area contributed by atoms with Crippen LogP contribution < -0.4 is 10.3 Å². The van der Waals surface area contributed by atoms with Crippen LogP contribution in [-0.2, 0) is 4.79 Å². The summed E-state index contributed by atoms with van der Waals surface area (Å²) < 4.78 is 4.97. The molecular weight excluding hydrogens is 322 g/mol. The normalized spacial score (nSPS) is 10.7. The van der Waals surface area contributed by atoms with Gasteiger partial charge in [0.2, 0.25) is 0 Å². The number of aromatic hydroxyl groups is 1. The minimum absolute atomic E-state index is 0.0608. The molecule has 0 saturated carbocycles. The molecule has 1 heterocycles. The fraction of sp³-hybridized carbons (Fsp3) is 0.0714. The molecular formula is C14H11N3O7. The second-order valence-electron chi connectivity index (χ2n) is 4.47. The molecule has 2 rings (SSSR count). The molecule has 10 nitrogen and oxygen atoms in total. The average molecular weight is 333 g/mol. The Labute approximate surface area is 133 Å². The molecule has 0 radical (unpaired) electrons. The maximum atomic E-state index is 11.5. The standard InChI is InChI=1S/C14H11N3O7/c18-11(19)7-24-9-4-1-8(2-5-9)3-6-10-15-13(20)12(17(22)23)14(21)16-10/h1-6H,7H2,(H,18,19)(H2,15,16,20,21)/b6-3-. The first kappa shape index (κ1) is 16.7. The summed E-state index contributed by atoms with van der Waals surface area (Å²) in [6.45, 7) is -0.456. The Kier molecular flexibility index (Phi) is 4.90. The lowest BCUT2D eigenvalue weighted by molar-refractivity contribution is -0.387. The summed E-state index contributed by atoms with van der Waals surface area (Å²) in [6.07, 6.45) is 2.88. The van der Waals surface area contributed by atoms with Crippen LogP contribution in [0.3, 0.4) is 0 Å². The Bertz CT molecular complexity index is 856. The minimum atomic E-state index is -1.09. The number of benzene rings is 1. The van der Waals surface area contributed by atoms with E-state index in [1.807, 2.05) is 0 Å². The highest BCUT2D eigenvalue weighted by Gasteiger charge is 2.21. The molecule has 0 bridgehead atoms. The summed E-state index contributed by atoms with van der Waals surface area (Å²) in [5, 5.41) is 28.5. The van der Waals surface area contributed by atoms with Gasteiger partial charge in [0, 0.05) is 0 Å². The van der Waals surface area contributed by atoms with Crippen LogP contribution in [0.15, 0.2) is 29.1 Å². The van der Waals surface area contributed by atoms with Crippen LogP contribution in [0.4, 0.5) is 5.69 Å². The summed E-state index contributed by atoms with van der Waals surface area (Å²) in [7, 11) is 0. The number of nitrogens with one attached hydrogen (secondary N) is 1. The lowest BCUT2D eigenvalue weighted by Gasteiger charge is -2.02. The molecule has 124 valence electrons. The Morgan fingerprint density at radius 1 is 1.33 bits per heavy atom. The smallest absolute Gasteiger partial charge is 0.395 e. The summed E-state index contributed by atoms with van der Waals surface area (Å²) in [5.41, 5.74) is -1.42. The first-order valence-electron chi connectivity index (χ1n) is 6.47. The number of carbonyl (C=O) groups is 1. The minimum Gasteiger partial charge on any atom is -0.488 e. The molecule has 10 heteroatoms. The molecule has 0 fully saturated rings. The molecule has 24 heavy (non-hydrogen) atoms. The molecule has 1 aromatic heterocycles. The fourth-order valence-electron chi connectivity index (χ4n) is 1.71. The molecule has 0 aliphatic carbocycles. The number of carboxylic acid groups (broad SMARTS) is 1. The molecule has 0 unspecified atom stereocenters. The van der Waals surface area contributed by atoms with Crippen molar-refractivity contribution in [1.82, 2.24) is 9.97 Å². The molecule has 1 aromatic carbocycles. The zero-order valence-corrected chi connectivity index (χ0v) is 12.0. The third kappa shape index (κ3) is 4.16. The molecule has 0 aliphatic rings. The number of hydrogen-bond donors (Lipinski definition) is 3. The number of rotatable bonds is 6. The number of hydrogen-bond acceptors (Lipinski definition) is 7. The van der Waals surface area contributed by atoms with Crippen molar-refractivity contribution < 1.29 is 24.7 Å². The molecule has 3 N–H and O–H groups in total. The lowest BCUT2D eigenvalue weighted by Crippen LogP contribution is -2.14. The third-order valence-corrected chi connectivity index (χ3v) is 2.75. The van der Waals surface area contributed by atoms with Gasteiger partial charge in [-0.15, -0.1) is 0 Å². The number of H-pyrrole nitrogens is 1. The van der Waals surface area contributed by atoms with Crippen LogP contribution in [0.1, 0.15) is 11.4 Å². The number of nitro groups is 1. The van der Waals surface area contributed by atoms with Crippen LogP contribution in [0.25, 0.3) is 12.2 Å². The summed E-state index contributed by atoms with van der Waals surface area (Å²) in [4.78, 5) is 37.1. The molecule has 0 aliphatic heterocycles. The van der Waals surface area contributed by atoms with E-state index < -0.39 is 34.6 Å². The molecule has 0 amide bonds. The largest absolute Gasteiger partial charge is 0.488 e. The van der Waals surface area contributed by atoms with Gasteiger partial charge in [-0.3, -0.25) is 14.9 Å². The predicted octanol–water partition coefficient (Wildman–Crippen LogP) is 1.02. The van der Waals surface area contributed by atoms with E-state index in [-0.39, 0.29) is 5.82 Å². The van der Waals surface area contributed by atoms with Gasteiger partial charge in [-0.2, -0.15) is 4.98 Å². The van der Waals surface area contributed by atoms with Gasteiger partial charge in [-0.05, 0) is 23.8 Å². The van der Waals surface area contributed by atoms with E-state index in [1.165, 1.54) is 12.2 Å². The van der Waals surface area contributed by atoms with E-state index in [1.54, 1.807) is 24.3 Å². The maximum absolute atomic E-state index is 11.5. The van der Waals surface area contributed by atoms with Crippen molar-refractivity contribution in [3.63, 3.8) is 0 Å². The second kappa shape index (κ2) is 7.05. The summed E-state index contributed by atoms with van der Waals surface area (Å²) in [5.74, 6) is -1.75. The van der Waals surface area contributed by atoms with Crippen molar-refractivity contribution in [3.05, 3.63) is 56.1 Å². The maximum Gasteiger partial charge on any atom is 0.395 e.